The molecule has 1 saturated carbocycles. The Kier molecular flexibility index (Phi) is 2.80. The molecule has 4 rings (SSSR count). The average Bonchev–Trinajstić information content (AvgIpc) is 2.99. The summed E-state index contributed by atoms with van der Waals surface area (Å²) in [7, 11) is 0. The van der Waals surface area contributed by atoms with Gasteiger partial charge in [-0.1, -0.05) is 18.6 Å². The molecule has 3 aliphatic rings. The molecule has 1 heterocycles. The van der Waals surface area contributed by atoms with Crippen molar-refractivity contribution in [3.8, 4) is 5.75 Å². The Morgan fingerprint density at radius 1 is 1.00 bits per heavy atom. The number of fused-ring (bicyclic) bond motifs is 2. The molecule has 1 saturated heterocycles. The second kappa shape index (κ2) is 4.52. The maximum Gasteiger partial charge on any atom is 0.119 e. The summed E-state index contributed by atoms with van der Waals surface area (Å²) in [5, 5.41) is 10.1. The third-order valence-corrected chi connectivity index (χ3v) is 5.65. The van der Waals surface area contributed by atoms with Crippen LogP contribution in [0, 0.1) is 11.8 Å². The van der Waals surface area contributed by atoms with E-state index in [2.05, 4.69) is 11.0 Å². The van der Waals surface area contributed by atoms with E-state index in [9.17, 15) is 5.11 Å². The highest BCUT2D eigenvalue weighted by Gasteiger charge is 2.40. The molecule has 1 aromatic rings. The molecule has 0 spiro atoms. The molecule has 1 aliphatic heterocycles. The van der Waals surface area contributed by atoms with Gasteiger partial charge in [0, 0.05) is 19.1 Å². The Bertz CT molecular complexity index is 472. The predicted molar refractivity (Wildman–Crippen MR) is 76.2 cm³/mol. The number of nitrogens with zero attached hydrogens (tertiary/aromatic N) is 1. The number of benzene rings is 1. The molecule has 0 amide bonds. The average molecular weight is 257 g/mol. The molecule has 3 unspecified atom stereocenters. The molecular weight excluding hydrogens is 234 g/mol. The molecule has 0 bridgehead atoms. The Labute approximate surface area is 115 Å². The summed E-state index contributed by atoms with van der Waals surface area (Å²) in [6.45, 7) is 2.59. The van der Waals surface area contributed by atoms with E-state index in [1.165, 1.54) is 56.3 Å². The SMILES string of the molecule is Oc1cccc2c1CCCC2N1CC2CCCC2C1. The van der Waals surface area contributed by atoms with E-state index in [0.717, 1.165) is 18.3 Å². The van der Waals surface area contributed by atoms with Gasteiger partial charge in [-0.2, -0.15) is 0 Å². The largest absolute Gasteiger partial charge is 0.508 e. The second-order valence-electron chi connectivity index (χ2n) is 6.66. The van der Waals surface area contributed by atoms with E-state index in [1.54, 1.807) is 0 Å². The summed E-state index contributed by atoms with van der Waals surface area (Å²) in [6.07, 6.45) is 7.89. The van der Waals surface area contributed by atoms with Crippen LogP contribution in [0.5, 0.6) is 5.75 Å². The zero-order valence-corrected chi connectivity index (χ0v) is 11.5. The van der Waals surface area contributed by atoms with Gasteiger partial charge in [0.2, 0.25) is 0 Å². The van der Waals surface area contributed by atoms with Crippen molar-refractivity contribution < 1.29 is 5.11 Å². The number of phenolic OH excluding ortho intramolecular Hbond substituents is 1. The maximum atomic E-state index is 10.1. The number of phenols is 1. The third-order valence-electron chi connectivity index (χ3n) is 5.65. The number of hydrogen-bond donors (Lipinski definition) is 1. The van der Waals surface area contributed by atoms with Crippen molar-refractivity contribution in [2.45, 2.75) is 44.6 Å². The number of aromatic hydroxyl groups is 1. The van der Waals surface area contributed by atoms with Gasteiger partial charge in [0.05, 0.1) is 0 Å². The third kappa shape index (κ3) is 1.88. The van der Waals surface area contributed by atoms with Crippen molar-refractivity contribution in [3.05, 3.63) is 29.3 Å². The fourth-order valence-electron chi connectivity index (χ4n) is 4.71. The van der Waals surface area contributed by atoms with Gasteiger partial charge >= 0.3 is 0 Å². The Balaban J connectivity index is 1.62. The highest BCUT2D eigenvalue weighted by atomic mass is 16.3. The van der Waals surface area contributed by atoms with Crippen molar-refractivity contribution in [2.75, 3.05) is 13.1 Å². The summed E-state index contributed by atoms with van der Waals surface area (Å²) >= 11 is 0. The van der Waals surface area contributed by atoms with Crippen LogP contribution in [0.2, 0.25) is 0 Å². The minimum Gasteiger partial charge on any atom is -0.508 e. The van der Waals surface area contributed by atoms with Gasteiger partial charge in [0.1, 0.15) is 5.75 Å². The van der Waals surface area contributed by atoms with Crippen LogP contribution in [0.3, 0.4) is 0 Å². The fraction of sp³-hybridized carbons (Fsp3) is 0.647. The topological polar surface area (TPSA) is 23.5 Å². The van der Waals surface area contributed by atoms with Gasteiger partial charge in [-0.15, -0.1) is 0 Å². The first-order valence-electron chi connectivity index (χ1n) is 7.88. The lowest BCUT2D eigenvalue weighted by atomic mass is 9.86. The van der Waals surface area contributed by atoms with Crippen molar-refractivity contribution >= 4 is 0 Å². The molecule has 2 heteroatoms. The molecule has 0 radical (unpaired) electrons. The summed E-state index contributed by atoms with van der Waals surface area (Å²) in [5.41, 5.74) is 2.63. The molecule has 1 aromatic carbocycles. The lowest BCUT2D eigenvalue weighted by Crippen LogP contribution is -2.30. The van der Waals surface area contributed by atoms with Gasteiger partial charge in [0.25, 0.3) is 0 Å². The lowest BCUT2D eigenvalue weighted by Gasteiger charge is -2.34. The van der Waals surface area contributed by atoms with Crippen LogP contribution < -0.4 is 0 Å². The number of rotatable bonds is 1. The summed E-state index contributed by atoms with van der Waals surface area (Å²) in [4.78, 5) is 2.71. The van der Waals surface area contributed by atoms with Gasteiger partial charge in [-0.05, 0) is 61.1 Å². The van der Waals surface area contributed by atoms with E-state index in [-0.39, 0.29) is 0 Å². The Morgan fingerprint density at radius 2 is 1.79 bits per heavy atom. The number of likely N-dealkylation sites (tertiary alicyclic amines) is 1. The second-order valence-corrected chi connectivity index (χ2v) is 6.66. The normalized spacial score (nSPS) is 34.2. The van der Waals surface area contributed by atoms with Gasteiger partial charge in [-0.25, -0.2) is 0 Å². The number of hydrogen-bond acceptors (Lipinski definition) is 2. The van der Waals surface area contributed by atoms with Crippen LogP contribution in [-0.2, 0) is 6.42 Å². The van der Waals surface area contributed by atoms with Crippen LogP contribution in [0.15, 0.2) is 18.2 Å². The van der Waals surface area contributed by atoms with Gasteiger partial charge < -0.3 is 5.11 Å². The van der Waals surface area contributed by atoms with Crippen molar-refractivity contribution in [3.63, 3.8) is 0 Å². The van der Waals surface area contributed by atoms with E-state index in [4.69, 9.17) is 0 Å². The molecule has 102 valence electrons. The van der Waals surface area contributed by atoms with Crippen LogP contribution in [-0.4, -0.2) is 23.1 Å². The van der Waals surface area contributed by atoms with Gasteiger partial charge in [-0.3, -0.25) is 4.90 Å². The highest BCUT2D eigenvalue weighted by molar-refractivity contribution is 5.42. The molecule has 1 N–H and O–H groups in total. The first kappa shape index (κ1) is 11.8. The first-order valence-corrected chi connectivity index (χ1v) is 7.88. The lowest BCUT2D eigenvalue weighted by molar-refractivity contribution is 0.204. The van der Waals surface area contributed by atoms with E-state index < -0.39 is 0 Å². The summed E-state index contributed by atoms with van der Waals surface area (Å²) < 4.78 is 0. The first-order chi connectivity index (χ1) is 9.33. The highest BCUT2D eigenvalue weighted by Crippen LogP contribution is 2.45. The summed E-state index contributed by atoms with van der Waals surface area (Å²) in [5.74, 6) is 2.44. The van der Waals surface area contributed by atoms with E-state index in [0.29, 0.717) is 11.8 Å². The fourth-order valence-corrected chi connectivity index (χ4v) is 4.71. The molecule has 19 heavy (non-hydrogen) atoms. The van der Waals surface area contributed by atoms with Crippen molar-refractivity contribution in [1.29, 1.82) is 0 Å². The molecule has 2 aliphatic carbocycles. The zero-order chi connectivity index (χ0) is 12.8. The molecule has 0 aromatic heterocycles. The predicted octanol–water partition coefficient (Wildman–Crippen LogP) is 3.50. The minimum atomic E-state index is 0.515. The molecule has 3 atom stereocenters. The van der Waals surface area contributed by atoms with Gasteiger partial charge in [0.15, 0.2) is 0 Å². The molecule has 2 nitrogen and oxygen atoms in total. The Morgan fingerprint density at radius 3 is 2.58 bits per heavy atom. The van der Waals surface area contributed by atoms with Crippen LogP contribution in [0.25, 0.3) is 0 Å². The maximum absolute atomic E-state index is 10.1. The monoisotopic (exact) mass is 257 g/mol. The van der Waals surface area contributed by atoms with E-state index >= 15 is 0 Å². The molecular formula is C17H23NO. The smallest absolute Gasteiger partial charge is 0.119 e. The quantitative estimate of drug-likeness (QED) is 0.832. The van der Waals surface area contributed by atoms with Crippen molar-refractivity contribution in [2.24, 2.45) is 11.8 Å². The standard InChI is InChI=1S/C17H23NO/c19-17-9-3-6-14-15(17)7-2-8-16(14)18-10-12-4-1-5-13(12)11-18/h3,6,9,12-13,16,19H,1-2,4-5,7-8,10-11H2. The Hall–Kier alpha value is -1.02. The summed E-state index contributed by atoms with van der Waals surface area (Å²) in [6, 6.07) is 6.68. The van der Waals surface area contributed by atoms with Crippen LogP contribution in [0.4, 0.5) is 0 Å². The van der Waals surface area contributed by atoms with E-state index in [1.807, 2.05) is 12.1 Å². The van der Waals surface area contributed by atoms with Crippen molar-refractivity contribution in [1.82, 2.24) is 4.90 Å². The van der Waals surface area contributed by atoms with Crippen LogP contribution >= 0.6 is 0 Å². The zero-order valence-electron chi connectivity index (χ0n) is 11.5. The minimum absolute atomic E-state index is 0.515. The van der Waals surface area contributed by atoms with Crippen LogP contribution in [0.1, 0.15) is 49.3 Å². The molecule has 2 fully saturated rings.